The van der Waals surface area contributed by atoms with Gasteiger partial charge in [0.25, 0.3) is 0 Å². The summed E-state index contributed by atoms with van der Waals surface area (Å²) < 4.78 is 0. The highest BCUT2D eigenvalue weighted by molar-refractivity contribution is 5.46. The molecule has 1 N–H and O–H groups in total. The maximum absolute atomic E-state index is 3.63. The Hall–Kier alpha value is -1.80. The molecule has 0 radical (unpaired) electrons. The van der Waals surface area contributed by atoms with Crippen LogP contribution < -0.4 is 10.2 Å². The fourth-order valence-electron chi connectivity index (χ4n) is 2.72. The van der Waals surface area contributed by atoms with Gasteiger partial charge in [-0.25, -0.2) is 0 Å². The topological polar surface area (TPSA) is 15.3 Å². The van der Waals surface area contributed by atoms with E-state index in [0.29, 0.717) is 6.04 Å². The molecule has 2 aromatic rings. The van der Waals surface area contributed by atoms with Gasteiger partial charge >= 0.3 is 0 Å². The van der Waals surface area contributed by atoms with Crippen molar-refractivity contribution < 1.29 is 0 Å². The molecule has 112 valence electrons. The first kappa shape index (κ1) is 15.6. The SMILES string of the molecule is CCNC(CN(C)c1ccccc1)c1cc(C)ccc1C. The summed E-state index contributed by atoms with van der Waals surface area (Å²) in [4.78, 5) is 2.31. The molecule has 2 aromatic carbocycles. The second-order valence-electron chi connectivity index (χ2n) is 5.69. The summed E-state index contributed by atoms with van der Waals surface area (Å²) in [5.41, 5.74) is 5.33. The van der Waals surface area contributed by atoms with E-state index in [2.05, 4.69) is 86.6 Å². The zero-order valence-corrected chi connectivity index (χ0v) is 13.6. The van der Waals surface area contributed by atoms with Gasteiger partial charge in [-0.15, -0.1) is 0 Å². The number of anilines is 1. The maximum Gasteiger partial charge on any atom is 0.0500 e. The molecule has 0 aliphatic carbocycles. The second-order valence-corrected chi connectivity index (χ2v) is 5.69. The van der Waals surface area contributed by atoms with Gasteiger partial charge in [0.05, 0.1) is 6.04 Å². The van der Waals surface area contributed by atoms with Crippen LogP contribution in [-0.4, -0.2) is 20.1 Å². The summed E-state index contributed by atoms with van der Waals surface area (Å²) in [5, 5.41) is 3.63. The predicted molar refractivity (Wildman–Crippen MR) is 92.0 cm³/mol. The Labute approximate surface area is 128 Å². The summed E-state index contributed by atoms with van der Waals surface area (Å²) in [6, 6.07) is 17.6. The highest BCUT2D eigenvalue weighted by Crippen LogP contribution is 2.22. The van der Waals surface area contributed by atoms with E-state index >= 15 is 0 Å². The number of nitrogens with one attached hydrogen (secondary N) is 1. The molecule has 0 saturated carbocycles. The van der Waals surface area contributed by atoms with Gasteiger partial charge in [0.2, 0.25) is 0 Å². The lowest BCUT2D eigenvalue weighted by Crippen LogP contribution is -2.33. The van der Waals surface area contributed by atoms with Crippen LogP contribution in [0.25, 0.3) is 0 Å². The van der Waals surface area contributed by atoms with Gasteiger partial charge in [0.15, 0.2) is 0 Å². The van der Waals surface area contributed by atoms with Crippen LogP contribution in [0.15, 0.2) is 48.5 Å². The van der Waals surface area contributed by atoms with Gasteiger partial charge in [-0.05, 0) is 43.7 Å². The first-order valence-corrected chi connectivity index (χ1v) is 7.68. The molecule has 1 unspecified atom stereocenters. The Morgan fingerprint density at radius 1 is 1.05 bits per heavy atom. The first-order valence-electron chi connectivity index (χ1n) is 7.68. The molecule has 0 saturated heterocycles. The number of rotatable bonds is 6. The fraction of sp³-hybridized carbons (Fsp3) is 0.368. The molecule has 0 aliphatic heterocycles. The van der Waals surface area contributed by atoms with Gasteiger partial charge in [-0.3, -0.25) is 0 Å². The predicted octanol–water partition coefficient (Wildman–Crippen LogP) is 4.09. The number of aryl methyl sites for hydroxylation is 2. The molecule has 2 rings (SSSR count). The third-order valence-electron chi connectivity index (χ3n) is 3.91. The third-order valence-corrected chi connectivity index (χ3v) is 3.91. The zero-order chi connectivity index (χ0) is 15.2. The average molecular weight is 282 g/mol. The van der Waals surface area contributed by atoms with Crippen LogP contribution in [0.1, 0.15) is 29.7 Å². The van der Waals surface area contributed by atoms with Crippen molar-refractivity contribution in [3.05, 3.63) is 65.2 Å². The first-order chi connectivity index (χ1) is 10.1. The fourth-order valence-corrected chi connectivity index (χ4v) is 2.72. The van der Waals surface area contributed by atoms with Crippen molar-refractivity contribution in [1.82, 2.24) is 5.32 Å². The molecule has 0 bridgehead atoms. The van der Waals surface area contributed by atoms with Crippen molar-refractivity contribution in [1.29, 1.82) is 0 Å². The van der Waals surface area contributed by atoms with Crippen molar-refractivity contribution in [2.75, 3.05) is 25.0 Å². The summed E-state index contributed by atoms with van der Waals surface area (Å²) in [6.45, 7) is 8.46. The average Bonchev–Trinajstić information content (AvgIpc) is 2.50. The van der Waals surface area contributed by atoms with Gasteiger partial charge in [0.1, 0.15) is 0 Å². The monoisotopic (exact) mass is 282 g/mol. The van der Waals surface area contributed by atoms with Crippen molar-refractivity contribution >= 4 is 5.69 Å². The number of benzene rings is 2. The van der Waals surface area contributed by atoms with Gasteiger partial charge < -0.3 is 10.2 Å². The van der Waals surface area contributed by atoms with Crippen LogP contribution in [0.4, 0.5) is 5.69 Å². The van der Waals surface area contributed by atoms with Crippen LogP contribution in [0.2, 0.25) is 0 Å². The maximum atomic E-state index is 3.63. The van der Waals surface area contributed by atoms with E-state index in [0.717, 1.165) is 13.1 Å². The lowest BCUT2D eigenvalue weighted by molar-refractivity contribution is 0.547. The van der Waals surface area contributed by atoms with Crippen LogP contribution in [0.5, 0.6) is 0 Å². The van der Waals surface area contributed by atoms with Gasteiger partial charge in [-0.2, -0.15) is 0 Å². The molecule has 0 amide bonds. The summed E-state index contributed by atoms with van der Waals surface area (Å²) >= 11 is 0. The molecule has 0 aliphatic rings. The smallest absolute Gasteiger partial charge is 0.0500 e. The number of hydrogen-bond acceptors (Lipinski definition) is 2. The lowest BCUT2D eigenvalue weighted by Gasteiger charge is -2.28. The number of hydrogen-bond donors (Lipinski definition) is 1. The minimum Gasteiger partial charge on any atom is -0.373 e. The lowest BCUT2D eigenvalue weighted by atomic mass is 9.98. The summed E-state index contributed by atoms with van der Waals surface area (Å²) in [5.74, 6) is 0. The van der Waals surface area contributed by atoms with Crippen molar-refractivity contribution in [3.8, 4) is 0 Å². The molecular formula is C19H26N2. The molecule has 0 heterocycles. The number of para-hydroxylation sites is 1. The third kappa shape index (κ3) is 4.08. The Morgan fingerprint density at radius 2 is 1.76 bits per heavy atom. The summed E-state index contributed by atoms with van der Waals surface area (Å²) in [7, 11) is 2.16. The van der Waals surface area contributed by atoms with Crippen LogP contribution >= 0.6 is 0 Å². The van der Waals surface area contributed by atoms with E-state index < -0.39 is 0 Å². The van der Waals surface area contributed by atoms with Crippen molar-refractivity contribution in [3.63, 3.8) is 0 Å². The Kier molecular flexibility index (Phi) is 5.40. The van der Waals surface area contributed by atoms with Gasteiger partial charge in [-0.1, -0.05) is 48.9 Å². The van der Waals surface area contributed by atoms with E-state index in [9.17, 15) is 0 Å². The molecule has 1 atom stereocenters. The minimum atomic E-state index is 0.347. The number of nitrogens with zero attached hydrogens (tertiary/aromatic N) is 1. The zero-order valence-electron chi connectivity index (χ0n) is 13.6. The quantitative estimate of drug-likeness (QED) is 0.858. The van der Waals surface area contributed by atoms with Crippen LogP contribution in [0, 0.1) is 13.8 Å². The Bertz CT molecular complexity index is 563. The largest absolute Gasteiger partial charge is 0.373 e. The van der Waals surface area contributed by atoms with E-state index in [4.69, 9.17) is 0 Å². The molecule has 0 aromatic heterocycles. The van der Waals surface area contributed by atoms with E-state index in [1.807, 2.05) is 0 Å². The highest BCUT2D eigenvalue weighted by Gasteiger charge is 2.15. The van der Waals surface area contributed by atoms with Crippen LogP contribution in [0.3, 0.4) is 0 Å². The minimum absolute atomic E-state index is 0.347. The number of likely N-dealkylation sites (N-methyl/N-ethyl adjacent to an activating group) is 2. The van der Waals surface area contributed by atoms with E-state index in [1.165, 1.54) is 22.4 Å². The van der Waals surface area contributed by atoms with Crippen molar-refractivity contribution in [2.24, 2.45) is 0 Å². The van der Waals surface area contributed by atoms with Crippen molar-refractivity contribution in [2.45, 2.75) is 26.8 Å². The standard InChI is InChI=1S/C19H26N2/c1-5-20-19(18-13-15(2)11-12-16(18)3)14-21(4)17-9-7-6-8-10-17/h6-13,19-20H,5,14H2,1-4H3. The molecule has 21 heavy (non-hydrogen) atoms. The van der Waals surface area contributed by atoms with E-state index in [1.54, 1.807) is 0 Å². The molecular weight excluding hydrogens is 256 g/mol. The Morgan fingerprint density at radius 3 is 2.43 bits per heavy atom. The highest BCUT2D eigenvalue weighted by atomic mass is 15.1. The van der Waals surface area contributed by atoms with E-state index in [-0.39, 0.29) is 0 Å². The van der Waals surface area contributed by atoms with Crippen LogP contribution in [-0.2, 0) is 0 Å². The molecule has 2 nitrogen and oxygen atoms in total. The normalized spacial score (nSPS) is 12.2. The van der Waals surface area contributed by atoms with Gasteiger partial charge in [0, 0.05) is 19.3 Å². The summed E-state index contributed by atoms with van der Waals surface area (Å²) in [6.07, 6.45) is 0. The Balaban J connectivity index is 2.21. The molecule has 2 heteroatoms. The molecule has 0 fully saturated rings. The second kappa shape index (κ2) is 7.28. The molecule has 0 spiro atoms.